The van der Waals surface area contributed by atoms with Gasteiger partial charge in [0.05, 0.1) is 16.8 Å². The first kappa shape index (κ1) is 12.4. The number of thiazole rings is 1. The van der Waals surface area contributed by atoms with Crippen molar-refractivity contribution in [3.05, 3.63) is 34.7 Å². The second kappa shape index (κ2) is 4.82. The van der Waals surface area contributed by atoms with Gasteiger partial charge in [0, 0.05) is 17.1 Å². The van der Waals surface area contributed by atoms with Crippen LogP contribution in [0, 0.1) is 6.92 Å². The van der Waals surface area contributed by atoms with Crippen molar-refractivity contribution >= 4 is 17.2 Å². The summed E-state index contributed by atoms with van der Waals surface area (Å²) in [5.74, 6) is -0.251. The Morgan fingerprint density at radius 2 is 2.15 bits per heavy atom. The fraction of sp³-hybridized carbons (Fsp3) is 0.0833. The van der Waals surface area contributed by atoms with Crippen LogP contribution in [0.5, 0.6) is 0 Å². The van der Waals surface area contributed by atoms with E-state index in [9.17, 15) is 4.79 Å². The molecule has 3 heterocycles. The van der Waals surface area contributed by atoms with Gasteiger partial charge in [-0.2, -0.15) is 5.10 Å². The molecule has 0 saturated carbocycles. The zero-order valence-corrected chi connectivity index (χ0v) is 11.3. The van der Waals surface area contributed by atoms with Gasteiger partial charge < -0.3 is 5.73 Å². The number of hydrogen-bond acceptors (Lipinski definition) is 6. The maximum absolute atomic E-state index is 11.6. The summed E-state index contributed by atoms with van der Waals surface area (Å²) in [5.41, 5.74) is 10.2. The minimum atomic E-state index is -0.624. The molecule has 3 aromatic rings. The number of carbonyl (C=O) groups excluding carboxylic acids is 1. The Balaban J connectivity index is 2.38. The molecule has 20 heavy (non-hydrogen) atoms. The van der Waals surface area contributed by atoms with Crippen LogP contribution in [0.2, 0.25) is 0 Å². The van der Waals surface area contributed by atoms with Gasteiger partial charge in [0.25, 0.3) is 5.91 Å². The van der Waals surface area contributed by atoms with Crippen LogP contribution in [0.4, 0.5) is 0 Å². The molecule has 0 fully saturated rings. The van der Waals surface area contributed by atoms with E-state index in [-0.39, 0.29) is 5.69 Å². The SMILES string of the molecule is Cc1cnc(C(N)=O)c(-c2nc[nH]n2)c1-c1cscn1. The molecular weight excluding hydrogens is 276 g/mol. The van der Waals surface area contributed by atoms with Crippen molar-refractivity contribution in [3.8, 4) is 22.6 Å². The molecule has 0 spiro atoms. The second-order valence-electron chi connectivity index (χ2n) is 4.10. The highest BCUT2D eigenvalue weighted by Crippen LogP contribution is 2.34. The number of nitrogens with zero attached hydrogens (tertiary/aromatic N) is 4. The molecule has 0 aliphatic heterocycles. The van der Waals surface area contributed by atoms with Crippen LogP contribution in [-0.2, 0) is 0 Å². The van der Waals surface area contributed by atoms with Crippen LogP contribution in [0.1, 0.15) is 16.1 Å². The van der Waals surface area contributed by atoms with Crippen LogP contribution in [-0.4, -0.2) is 31.1 Å². The van der Waals surface area contributed by atoms with Crippen molar-refractivity contribution < 1.29 is 4.79 Å². The molecule has 0 aliphatic carbocycles. The van der Waals surface area contributed by atoms with Crippen LogP contribution in [0.3, 0.4) is 0 Å². The normalized spacial score (nSPS) is 10.7. The summed E-state index contributed by atoms with van der Waals surface area (Å²) >= 11 is 1.47. The molecule has 0 aromatic carbocycles. The van der Waals surface area contributed by atoms with Gasteiger partial charge >= 0.3 is 0 Å². The van der Waals surface area contributed by atoms with Crippen molar-refractivity contribution in [2.24, 2.45) is 5.73 Å². The number of aromatic amines is 1. The standard InChI is InChI=1S/C12H10N6OS/c1-6-2-14-10(11(13)19)9(12-15-4-17-18-12)8(6)7-3-20-5-16-7/h2-5H,1H3,(H2,13,19)(H,15,17,18). The van der Waals surface area contributed by atoms with Gasteiger partial charge in [-0.05, 0) is 12.5 Å². The largest absolute Gasteiger partial charge is 0.364 e. The number of aryl methyl sites for hydroxylation is 1. The van der Waals surface area contributed by atoms with Gasteiger partial charge in [0.2, 0.25) is 0 Å². The van der Waals surface area contributed by atoms with Gasteiger partial charge in [-0.3, -0.25) is 9.89 Å². The average Bonchev–Trinajstić information content (AvgIpc) is 3.11. The van der Waals surface area contributed by atoms with E-state index in [0.29, 0.717) is 11.4 Å². The summed E-state index contributed by atoms with van der Waals surface area (Å²) in [5, 5.41) is 8.55. The fourth-order valence-corrected chi connectivity index (χ4v) is 2.55. The maximum Gasteiger partial charge on any atom is 0.268 e. The zero-order valence-electron chi connectivity index (χ0n) is 10.5. The number of nitrogens with one attached hydrogen (secondary N) is 1. The van der Waals surface area contributed by atoms with Crippen LogP contribution in [0.15, 0.2) is 23.4 Å². The molecule has 0 atom stereocenters. The first-order valence-corrected chi connectivity index (χ1v) is 6.67. The number of primary amides is 1. The third-order valence-corrected chi connectivity index (χ3v) is 3.42. The van der Waals surface area contributed by atoms with E-state index in [1.165, 1.54) is 17.7 Å². The monoisotopic (exact) mass is 286 g/mol. The third kappa shape index (κ3) is 1.95. The molecule has 3 rings (SSSR count). The summed E-state index contributed by atoms with van der Waals surface area (Å²) in [6, 6.07) is 0. The minimum absolute atomic E-state index is 0.137. The number of H-pyrrole nitrogens is 1. The predicted octanol–water partition coefficient (Wildman–Crippen LogP) is 1.40. The molecule has 100 valence electrons. The molecule has 0 aliphatic rings. The quantitative estimate of drug-likeness (QED) is 0.756. The number of rotatable bonds is 3. The Kier molecular flexibility index (Phi) is 2.99. The van der Waals surface area contributed by atoms with Gasteiger partial charge in [0.1, 0.15) is 12.0 Å². The van der Waals surface area contributed by atoms with E-state index in [1.54, 1.807) is 11.7 Å². The van der Waals surface area contributed by atoms with Gasteiger partial charge in [-0.15, -0.1) is 11.3 Å². The van der Waals surface area contributed by atoms with Crippen molar-refractivity contribution in [2.75, 3.05) is 0 Å². The molecule has 0 unspecified atom stereocenters. The summed E-state index contributed by atoms with van der Waals surface area (Å²) in [4.78, 5) is 24.1. The highest BCUT2D eigenvalue weighted by Gasteiger charge is 2.22. The highest BCUT2D eigenvalue weighted by molar-refractivity contribution is 7.07. The molecule has 1 amide bonds. The first-order chi connectivity index (χ1) is 9.68. The second-order valence-corrected chi connectivity index (χ2v) is 4.82. The highest BCUT2D eigenvalue weighted by atomic mass is 32.1. The lowest BCUT2D eigenvalue weighted by atomic mass is 9.98. The van der Waals surface area contributed by atoms with Crippen molar-refractivity contribution in [3.63, 3.8) is 0 Å². The number of amides is 1. The van der Waals surface area contributed by atoms with E-state index < -0.39 is 5.91 Å². The van der Waals surface area contributed by atoms with Crippen LogP contribution in [0.25, 0.3) is 22.6 Å². The van der Waals surface area contributed by atoms with E-state index in [0.717, 1.165) is 16.8 Å². The summed E-state index contributed by atoms with van der Waals surface area (Å²) in [7, 11) is 0. The molecule has 0 bridgehead atoms. The lowest BCUT2D eigenvalue weighted by molar-refractivity contribution is 0.0996. The lowest BCUT2D eigenvalue weighted by Gasteiger charge is -2.11. The van der Waals surface area contributed by atoms with E-state index >= 15 is 0 Å². The Morgan fingerprint density at radius 1 is 1.30 bits per heavy atom. The number of pyridine rings is 1. The van der Waals surface area contributed by atoms with Crippen molar-refractivity contribution in [1.82, 2.24) is 25.1 Å². The minimum Gasteiger partial charge on any atom is -0.364 e. The number of aromatic nitrogens is 5. The maximum atomic E-state index is 11.6. The van der Waals surface area contributed by atoms with Gasteiger partial charge in [0.15, 0.2) is 5.82 Å². The summed E-state index contributed by atoms with van der Waals surface area (Å²) in [6.07, 6.45) is 3.04. The van der Waals surface area contributed by atoms with E-state index in [2.05, 4.69) is 25.1 Å². The molecule has 3 N–H and O–H groups in total. The molecular formula is C12H10N6OS. The molecule has 3 aromatic heterocycles. The van der Waals surface area contributed by atoms with Crippen molar-refractivity contribution in [2.45, 2.75) is 6.92 Å². The summed E-state index contributed by atoms with van der Waals surface area (Å²) in [6.45, 7) is 1.89. The summed E-state index contributed by atoms with van der Waals surface area (Å²) < 4.78 is 0. The van der Waals surface area contributed by atoms with E-state index in [4.69, 9.17) is 5.73 Å². The topological polar surface area (TPSA) is 110 Å². The van der Waals surface area contributed by atoms with Crippen molar-refractivity contribution in [1.29, 1.82) is 0 Å². The molecule has 0 saturated heterocycles. The third-order valence-electron chi connectivity index (χ3n) is 2.83. The Hall–Kier alpha value is -2.61. The lowest BCUT2D eigenvalue weighted by Crippen LogP contribution is -2.16. The van der Waals surface area contributed by atoms with Crippen LogP contribution < -0.4 is 5.73 Å². The van der Waals surface area contributed by atoms with Gasteiger partial charge in [-0.25, -0.2) is 15.0 Å². The first-order valence-electron chi connectivity index (χ1n) is 5.72. The fourth-order valence-electron chi connectivity index (χ4n) is 2.01. The van der Waals surface area contributed by atoms with E-state index in [1.807, 2.05) is 12.3 Å². The zero-order chi connectivity index (χ0) is 14.1. The smallest absolute Gasteiger partial charge is 0.268 e. The number of carbonyl (C=O) groups is 1. The number of nitrogens with two attached hydrogens (primary N) is 1. The molecule has 0 radical (unpaired) electrons. The molecule has 7 nitrogen and oxygen atoms in total. The Bertz CT molecular complexity index is 751. The number of hydrogen-bond donors (Lipinski definition) is 2. The molecule has 8 heteroatoms. The Labute approximate surface area is 117 Å². The predicted molar refractivity (Wildman–Crippen MR) is 74.0 cm³/mol. The Morgan fingerprint density at radius 3 is 2.75 bits per heavy atom. The van der Waals surface area contributed by atoms with Crippen LogP contribution >= 0.6 is 11.3 Å². The van der Waals surface area contributed by atoms with Gasteiger partial charge in [-0.1, -0.05) is 0 Å². The average molecular weight is 286 g/mol.